The smallest absolute Gasteiger partial charge is 0.305 e. The second-order valence-electron chi connectivity index (χ2n) is 5.87. The number of Topliss-reactive ketones (excluding diaryl/α,β-unsaturated/α-hetero) is 1. The number of benzene rings is 1. The van der Waals surface area contributed by atoms with Gasteiger partial charge in [-0.05, 0) is 11.5 Å². The molecule has 1 rings (SSSR count). The standard InChI is InChI=1S/C17H24N2O4S/c1-11(2)16(18)17(23)19-13(8-15(21)22)14(20)10-24-9-12-6-4-3-5-7-12/h3-7,11,13,16H,8-10,18H2,1-2H3,(H,19,23)(H,21,22). The van der Waals surface area contributed by atoms with E-state index in [-0.39, 0.29) is 17.5 Å². The molecule has 0 heterocycles. The van der Waals surface area contributed by atoms with E-state index in [0.717, 1.165) is 5.56 Å². The molecule has 0 radical (unpaired) electrons. The largest absolute Gasteiger partial charge is 0.481 e. The zero-order valence-electron chi connectivity index (χ0n) is 13.9. The number of rotatable bonds is 10. The Hall–Kier alpha value is -1.86. The quantitative estimate of drug-likeness (QED) is 0.588. The van der Waals surface area contributed by atoms with Gasteiger partial charge < -0.3 is 16.2 Å². The summed E-state index contributed by atoms with van der Waals surface area (Å²) in [5.74, 6) is -1.28. The number of carboxylic acid groups (broad SMARTS) is 1. The zero-order chi connectivity index (χ0) is 18.1. The first-order chi connectivity index (χ1) is 11.3. The van der Waals surface area contributed by atoms with Gasteiger partial charge in [0.05, 0.1) is 24.3 Å². The Morgan fingerprint density at radius 3 is 2.38 bits per heavy atom. The normalized spacial score (nSPS) is 13.3. The molecular weight excluding hydrogens is 328 g/mol. The fraction of sp³-hybridized carbons (Fsp3) is 0.471. The fourth-order valence-electron chi connectivity index (χ4n) is 1.93. The Balaban J connectivity index is 2.57. The molecule has 1 aromatic carbocycles. The third kappa shape index (κ3) is 7.14. The van der Waals surface area contributed by atoms with Crippen LogP contribution in [0.25, 0.3) is 0 Å². The van der Waals surface area contributed by atoms with Crippen molar-refractivity contribution in [2.45, 2.75) is 38.1 Å². The summed E-state index contributed by atoms with van der Waals surface area (Å²) in [5, 5.41) is 11.4. The highest BCUT2D eigenvalue weighted by Gasteiger charge is 2.26. The minimum atomic E-state index is -1.14. The van der Waals surface area contributed by atoms with Gasteiger partial charge in [0.2, 0.25) is 5.91 Å². The van der Waals surface area contributed by atoms with Gasteiger partial charge in [0.25, 0.3) is 0 Å². The molecule has 24 heavy (non-hydrogen) atoms. The van der Waals surface area contributed by atoms with Gasteiger partial charge in [-0.2, -0.15) is 0 Å². The van der Waals surface area contributed by atoms with E-state index >= 15 is 0 Å². The molecule has 1 amide bonds. The Morgan fingerprint density at radius 1 is 1.21 bits per heavy atom. The van der Waals surface area contributed by atoms with E-state index < -0.39 is 30.4 Å². The van der Waals surface area contributed by atoms with Crippen molar-refractivity contribution in [3.63, 3.8) is 0 Å². The van der Waals surface area contributed by atoms with Crippen molar-refractivity contribution in [1.82, 2.24) is 5.32 Å². The lowest BCUT2D eigenvalue weighted by atomic mass is 10.0. The summed E-state index contributed by atoms with van der Waals surface area (Å²) in [4.78, 5) is 35.2. The van der Waals surface area contributed by atoms with Crippen LogP contribution in [0.5, 0.6) is 0 Å². The Kier molecular flexibility index (Phi) is 8.49. The van der Waals surface area contributed by atoms with E-state index in [2.05, 4.69) is 5.32 Å². The van der Waals surface area contributed by atoms with Gasteiger partial charge in [-0.15, -0.1) is 11.8 Å². The van der Waals surface area contributed by atoms with Crippen molar-refractivity contribution in [3.8, 4) is 0 Å². The number of thioether (sulfide) groups is 1. The highest BCUT2D eigenvalue weighted by atomic mass is 32.2. The summed E-state index contributed by atoms with van der Waals surface area (Å²) in [5.41, 5.74) is 6.82. The highest BCUT2D eigenvalue weighted by Crippen LogP contribution is 2.13. The van der Waals surface area contributed by atoms with E-state index in [0.29, 0.717) is 5.75 Å². The second kappa shape index (κ2) is 10.1. The fourth-order valence-corrected chi connectivity index (χ4v) is 2.87. The molecule has 0 bridgehead atoms. The van der Waals surface area contributed by atoms with Crippen molar-refractivity contribution >= 4 is 29.4 Å². The summed E-state index contributed by atoms with van der Waals surface area (Å²) >= 11 is 1.39. The van der Waals surface area contributed by atoms with E-state index in [1.807, 2.05) is 30.3 Å². The number of hydrogen-bond donors (Lipinski definition) is 3. The maximum atomic E-state index is 12.3. The number of amides is 1. The van der Waals surface area contributed by atoms with Crippen LogP contribution >= 0.6 is 11.8 Å². The zero-order valence-corrected chi connectivity index (χ0v) is 14.7. The molecule has 0 aliphatic carbocycles. The number of nitrogens with two attached hydrogens (primary N) is 1. The maximum absolute atomic E-state index is 12.3. The second-order valence-corrected chi connectivity index (χ2v) is 6.86. The van der Waals surface area contributed by atoms with Crippen LogP contribution < -0.4 is 11.1 Å². The minimum Gasteiger partial charge on any atom is -0.481 e. The number of ketones is 1. The number of carbonyl (C=O) groups excluding carboxylic acids is 2. The Labute approximate surface area is 146 Å². The summed E-state index contributed by atoms with van der Waals surface area (Å²) < 4.78 is 0. The number of nitrogens with one attached hydrogen (secondary N) is 1. The van der Waals surface area contributed by atoms with E-state index in [1.54, 1.807) is 13.8 Å². The summed E-state index contributed by atoms with van der Waals surface area (Å²) in [6, 6.07) is 7.83. The lowest BCUT2D eigenvalue weighted by molar-refractivity contribution is -0.140. The molecule has 0 fully saturated rings. The van der Waals surface area contributed by atoms with Crippen LogP contribution in [0.2, 0.25) is 0 Å². The summed E-state index contributed by atoms with van der Waals surface area (Å²) in [7, 11) is 0. The molecule has 2 unspecified atom stereocenters. The van der Waals surface area contributed by atoms with Crippen LogP contribution in [0.3, 0.4) is 0 Å². The molecule has 1 aromatic rings. The van der Waals surface area contributed by atoms with Crippen LogP contribution in [0.1, 0.15) is 25.8 Å². The molecule has 0 aliphatic heterocycles. The van der Waals surface area contributed by atoms with Crippen LogP contribution in [0.15, 0.2) is 30.3 Å². The van der Waals surface area contributed by atoms with Gasteiger partial charge in [0, 0.05) is 5.75 Å². The average Bonchev–Trinajstić information content (AvgIpc) is 2.53. The van der Waals surface area contributed by atoms with E-state index in [9.17, 15) is 14.4 Å². The molecule has 132 valence electrons. The monoisotopic (exact) mass is 352 g/mol. The van der Waals surface area contributed by atoms with E-state index in [1.165, 1.54) is 11.8 Å². The number of hydrogen-bond acceptors (Lipinski definition) is 5. The molecule has 0 saturated heterocycles. The van der Waals surface area contributed by atoms with Crippen molar-refractivity contribution in [3.05, 3.63) is 35.9 Å². The van der Waals surface area contributed by atoms with E-state index in [4.69, 9.17) is 10.8 Å². The number of carbonyl (C=O) groups is 3. The van der Waals surface area contributed by atoms with Gasteiger partial charge >= 0.3 is 5.97 Å². The molecular formula is C17H24N2O4S. The third-order valence-corrected chi connectivity index (χ3v) is 4.49. The van der Waals surface area contributed by atoms with Crippen LogP contribution in [-0.4, -0.2) is 40.6 Å². The SMILES string of the molecule is CC(C)C(N)C(=O)NC(CC(=O)O)C(=O)CSCc1ccccc1. The lowest BCUT2D eigenvalue weighted by Gasteiger charge is -2.20. The Morgan fingerprint density at radius 2 is 1.83 bits per heavy atom. The van der Waals surface area contributed by atoms with Crippen molar-refractivity contribution < 1.29 is 19.5 Å². The predicted octanol–water partition coefficient (Wildman–Crippen LogP) is 1.43. The molecule has 2 atom stereocenters. The van der Waals surface area contributed by atoms with Crippen LogP contribution in [0.4, 0.5) is 0 Å². The van der Waals surface area contributed by atoms with Gasteiger partial charge in [-0.3, -0.25) is 14.4 Å². The van der Waals surface area contributed by atoms with Crippen molar-refractivity contribution in [2.75, 3.05) is 5.75 Å². The number of aliphatic carboxylic acids is 1. The molecule has 4 N–H and O–H groups in total. The summed E-state index contributed by atoms with van der Waals surface area (Å²) in [6.07, 6.45) is -0.443. The molecule has 0 aromatic heterocycles. The van der Waals surface area contributed by atoms with Crippen molar-refractivity contribution in [2.24, 2.45) is 11.7 Å². The maximum Gasteiger partial charge on any atom is 0.305 e. The first kappa shape index (κ1) is 20.2. The van der Waals surface area contributed by atoms with Gasteiger partial charge in [0.1, 0.15) is 0 Å². The predicted molar refractivity (Wildman–Crippen MR) is 94.6 cm³/mol. The highest BCUT2D eigenvalue weighted by molar-refractivity contribution is 7.99. The average molecular weight is 352 g/mol. The molecule has 0 aliphatic rings. The lowest BCUT2D eigenvalue weighted by Crippen LogP contribution is -2.51. The van der Waals surface area contributed by atoms with Crippen LogP contribution in [-0.2, 0) is 20.1 Å². The molecule has 6 nitrogen and oxygen atoms in total. The molecule has 0 saturated carbocycles. The first-order valence-corrected chi connectivity index (χ1v) is 8.89. The Bertz CT molecular complexity index is 563. The topological polar surface area (TPSA) is 109 Å². The van der Waals surface area contributed by atoms with Gasteiger partial charge in [-0.25, -0.2) is 0 Å². The number of carboxylic acids is 1. The van der Waals surface area contributed by atoms with Gasteiger partial charge in [-0.1, -0.05) is 44.2 Å². The van der Waals surface area contributed by atoms with Gasteiger partial charge in [0.15, 0.2) is 5.78 Å². The molecule has 7 heteroatoms. The minimum absolute atomic E-state index is 0.0990. The third-order valence-electron chi connectivity index (χ3n) is 3.46. The van der Waals surface area contributed by atoms with Crippen LogP contribution in [0, 0.1) is 5.92 Å². The van der Waals surface area contributed by atoms with Crippen molar-refractivity contribution in [1.29, 1.82) is 0 Å². The summed E-state index contributed by atoms with van der Waals surface area (Å²) in [6.45, 7) is 3.57. The first-order valence-electron chi connectivity index (χ1n) is 7.73. The molecule has 0 spiro atoms.